The Bertz CT molecular complexity index is 298. The first kappa shape index (κ1) is 36.6. The van der Waals surface area contributed by atoms with Crippen LogP contribution in [0.1, 0.15) is 0 Å². The van der Waals surface area contributed by atoms with E-state index in [4.69, 9.17) is 46.2 Å². The van der Waals surface area contributed by atoms with Crippen molar-refractivity contribution in [2.75, 3.05) is 0 Å². The van der Waals surface area contributed by atoms with E-state index in [1.165, 1.54) is 0 Å². The van der Waals surface area contributed by atoms with Gasteiger partial charge in [0.05, 0.1) is 0 Å². The largest absolute Gasteiger partial charge is 2.00 e. The zero-order chi connectivity index (χ0) is 12.6. The summed E-state index contributed by atoms with van der Waals surface area (Å²) in [6.45, 7) is 0. The van der Waals surface area contributed by atoms with Crippen LogP contribution >= 0.6 is 0 Å². The average Bonchev–Trinajstić information content (AvgIpc) is 1.45. The monoisotopic (exact) mass is 391 g/mol. The molecule has 17 heavy (non-hydrogen) atoms. The molecule has 0 saturated heterocycles. The van der Waals surface area contributed by atoms with E-state index < -0.39 is 24.5 Å². The summed E-state index contributed by atoms with van der Waals surface area (Å²) in [4.78, 5) is 8.36. The molecule has 0 spiro atoms. The zero-order valence-corrected chi connectivity index (χ0v) is 16.7. The van der Waals surface area contributed by atoms with E-state index in [-0.39, 0.29) is 97.4 Å². The second kappa shape index (κ2) is 18.5. The molecule has 1 N–H and O–H groups in total. The molecule has 0 saturated carbocycles. The van der Waals surface area contributed by atoms with Crippen molar-refractivity contribution in [3.8, 4) is 0 Å². The minimum atomic E-state index is -5.17. The summed E-state index contributed by atoms with van der Waals surface area (Å²) >= 11 is 3.24. The molecule has 0 aliphatic rings. The molecule has 0 aromatic rings. The van der Waals surface area contributed by atoms with E-state index in [9.17, 15) is 0 Å². The van der Waals surface area contributed by atoms with Crippen LogP contribution in [-0.2, 0) is 47.1 Å². The van der Waals surface area contributed by atoms with Gasteiger partial charge in [-0.05, 0) is 11.2 Å². The van der Waals surface area contributed by atoms with Gasteiger partial charge in [-0.25, -0.2) is 0 Å². The minimum absolute atomic E-state index is 0. The van der Waals surface area contributed by atoms with Crippen LogP contribution in [0.2, 0.25) is 0 Å². The molecule has 0 radical (unpaired) electrons. The van der Waals surface area contributed by atoms with Crippen LogP contribution in [0.25, 0.3) is 0 Å². The van der Waals surface area contributed by atoms with Gasteiger partial charge in [-0.1, -0.05) is 0 Å². The Kier molecular flexibility index (Phi) is 39.8. The number of nitrogens with zero attached hydrogens (tertiary/aromatic N) is 1. The van der Waals surface area contributed by atoms with Crippen LogP contribution in [0.3, 0.4) is 0 Å². The first-order valence-corrected chi connectivity index (χ1v) is 5.57. The third-order valence-electron chi connectivity index (χ3n) is 0. The zero-order valence-electron chi connectivity index (χ0n) is 8.11. The first-order chi connectivity index (χ1) is 5.73. The maximum Gasteiger partial charge on any atom is 2.00 e. The Morgan fingerprint density at radius 1 is 1.06 bits per heavy atom. The van der Waals surface area contributed by atoms with Gasteiger partial charge in [0.2, 0.25) is 0 Å². The Hall–Kier alpha value is 2.49. The van der Waals surface area contributed by atoms with Crippen molar-refractivity contribution in [2.24, 2.45) is 0 Å². The summed E-state index contributed by atoms with van der Waals surface area (Å²) in [7, 11) is -9.50. The average molecular weight is 392 g/mol. The van der Waals surface area contributed by atoms with Crippen molar-refractivity contribution in [1.29, 1.82) is 0 Å². The summed E-state index contributed by atoms with van der Waals surface area (Å²) in [5, 5.41) is 13.6. The summed E-state index contributed by atoms with van der Waals surface area (Å²) in [5.74, 6) is 0. The molecule has 11 nitrogen and oxygen atoms in total. The van der Waals surface area contributed by atoms with Crippen LogP contribution in [0.5, 0.6) is 0 Å². The van der Waals surface area contributed by atoms with Crippen LogP contribution in [-0.4, -0.2) is 41.1 Å². The van der Waals surface area contributed by atoms with Gasteiger partial charge in [-0.15, -0.1) is 19.2 Å². The van der Waals surface area contributed by atoms with Crippen molar-refractivity contribution < 1.29 is 139 Å². The molecule has 0 rings (SSSR count). The second-order valence-electron chi connectivity index (χ2n) is 1.05. The molecule has 0 atom stereocenters. The third-order valence-corrected chi connectivity index (χ3v) is 0. The van der Waals surface area contributed by atoms with Crippen molar-refractivity contribution in [2.45, 2.75) is 0 Å². The number of hydrogen-bond donors (Lipinski definition) is 1. The smallest absolute Gasteiger partial charge is 0.780 e. The van der Waals surface area contributed by atoms with Crippen LogP contribution in [0.15, 0.2) is 0 Å². The molecule has 0 aromatic heterocycles. The van der Waals surface area contributed by atoms with E-state index >= 15 is 0 Å². The predicted octanol–water partition coefficient (Wildman–Crippen LogP) is -8.69. The van der Waals surface area contributed by atoms with Crippen molar-refractivity contribution in [3.63, 3.8) is 0 Å². The van der Waals surface area contributed by atoms with Gasteiger partial charge < -0.3 is 23.4 Å². The molecule has 0 bridgehead atoms. The summed E-state index contributed by atoms with van der Waals surface area (Å²) in [6, 6.07) is 0. The summed E-state index contributed by atoms with van der Waals surface area (Å²) < 4.78 is 60.8. The minimum Gasteiger partial charge on any atom is -0.780 e. The third kappa shape index (κ3) is 811. The molecule has 17 heteroatoms. The molecular weight excluding hydrogens is 391 g/mol. The number of rotatable bonds is 0. The predicted molar refractivity (Wildman–Crippen MR) is 36.3 cm³/mol. The molecule has 0 aliphatic carbocycles. The fourth-order valence-electron chi connectivity index (χ4n) is 0. The molecule has 0 unspecified atom stereocenters. The maximum atomic E-state index is 8.89. The topological polar surface area (TPSA) is 207 Å². The number of hydrogen-bond acceptors (Lipinski definition) is 10. The fraction of sp³-hybridized carbons (Fsp3) is 0. The molecule has 96 valence electrons. The van der Waals surface area contributed by atoms with Gasteiger partial charge in [0.15, 0.2) is 0 Å². The Balaban J connectivity index is -0.0000000247. The van der Waals surface area contributed by atoms with Gasteiger partial charge in [0.25, 0.3) is 5.09 Å². The van der Waals surface area contributed by atoms with Crippen molar-refractivity contribution in [3.05, 3.63) is 10.1 Å². The van der Waals surface area contributed by atoms with E-state index in [0.717, 1.165) is 0 Å². The molecule has 0 amide bonds. The van der Waals surface area contributed by atoms with Gasteiger partial charge in [0.1, 0.15) is 0 Å². The summed E-state index contributed by atoms with van der Waals surface area (Å²) in [6.07, 6.45) is 0. The molecular formula is HKNNaNiO10S3. The second-order valence-corrected chi connectivity index (χ2v) is 3.91. The van der Waals surface area contributed by atoms with Gasteiger partial charge >= 0.3 is 97.4 Å². The molecule has 0 fully saturated rings. The van der Waals surface area contributed by atoms with Crippen LogP contribution in [0.4, 0.5) is 0 Å². The fourth-order valence-corrected chi connectivity index (χ4v) is 0. The van der Waals surface area contributed by atoms with Crippen molar-refractivity contribution in [1.82, 2.24) is 0 Å². The van der Waals surface area contributed by atoms with Crippen molar-refractivity contribution >= 4 is 30.6 Å². The van der Waals surface area contributed by atoms with Gasteiger partial charge in [0, 0.05) is 10.4 Å². The van der Waals surface area contributed by atoms with Crippen LogP contribution in [0, 0.1) is 10.1 Å². The van der Waals surface area contributed by atoms with E-state index in [1.54, 1.807) is 0 Å². The standard InChI is InChI=1S/K.HNO3.Na.Ni.H2O4S.H2O3S2/c;2-1(3)4;;;2*1-5(2,3)4/h;(H,2,3,4);;;2*(H2,1,2,3,4)/q+1;;+1;+2;;/p-4. The van der Waals surface area contributed by atoms with E-state index in [0.29, 0.717) is 0 Å². The first-order valence-electron chi connectivity index (χ1n) is 1.90. The Labute approximate surface area is 176 Å². The molecule has 0 aromatic carbocycles. The van der Waals surface area contributed by atoms with E-state index in [2.05, 4.69) is 11.2 Å². The molecule has 0 aliphatic heterocycles. The van der Waals surface area contributed by atoms with E-state index in [1.807, 2.05) is 0 Å². The SMILES string of the molecule is O=S(=O)([O-])[O-].O=S([O-])([O-])=S.O=[N+]([O-])O.[K+].[Na+].[Ni+2]. The molecule has 0 heterocycles. The van der Waals surface area contributed by atoms with Crippen LogP contribution < -0.4 is 80.9 Å². The normalized spacial score (nSPS) is 8.24. The Morgan fingerprint density at radius 2 is 1.06 bits per heavy atom. The quantitative estimate of drug-likeness (QED) is 0.135. The maximum absolute atomic E-state index is 8.89. The summed E-state index contributed by atoms with van der Waals surface area (Å²) in [5.41, 5.74) is 0. The van der Waals surface area contributed by atoms with Gasteiger partial charge in [-0.3, -0.25) is 12.6 Å². The Morgan fingerprint density at radius 3 is 1.06 bits per heavy atom. The van der Waals surface area contributed by atoms with Gasteiger partial charge in [-0.2, -0.15) is 0 Å².